The third kappa shape index (κ3) is 4.11. The van der Waals surface area contributed by atoms with Crippen LogP contribution < -0.4 is 0 Å². The second kappa shape index (κ2) is 6.74. The fraction of sp³-hybridized carbons (Fsp3) is 0.571. The molecule has 0 N–H and O–H groups in total. The van der Waals surface area contributed by atoms with Gasteiger partial charge >= 0.3 is 0 Å². The second-order valence-electron chi connectivity index (χ2n) is 4.36. The van der Waals surface area contributed by atoms with Gasteiger partial charge in [0.05, 0.1) is 0 Å². The quantitative estimate of drug-likeness (QED) is 0.800. The molecule has 2 rings (SSSR count). The largest absolute Gasteiger partial charge is 0.353 e. The molecular weight excluding hydrogens is 214 g/mol. The maximum atomic E-state index is 5.73. The lowest BCUT2D eigenvalue weighted by molar-refractivity contribution is -0.156. The van der Waals surface area contributed by atoms with Crippen LogP contribution in [0.2, 0.25) is 0 Å². The van der Waals surface area contributed by atoms with Gasteiger partial charge in [-0.15, -0.1) is 0 Å². The number of ether oxygens (including phenoxy) is 2. The maximum absolute atomic E-state index is 5.73. The number of hydrogen-bond acceptors (Lipinski definition) is 3. The molecule has 0 amide bonds. The number of hydrogen-bond donors (Lipinski definition) is 0. The van der Waals surface area contributed by atoms with Crippen molar-refractivity contribution in [3.8, 4) is 0 Å². The summed E-state index contributed by atoms with van der Waals surface area (Å²) in [4.78, 5) is 2.33. The molecule has 1 atom stereocenters. The summed E-state index contributed by atoms with van der Waals surface area (Å²) in [7, 11) is 0. The van der Waals surface area contributed by atoms with Gasteiger partial charge in [0.1, 0.15) is 6.73 Å². The second-order valence-corrected chi connectivity index (χ2v) is 4.36. The van der Waals surface area contributed by atoms with Crippen molar-refractivity contribution in [2.45, 2.75) is 32.6 Å². The summed E-state index contributed by atoms with van der Waals surface area (Å²) in [5.74, 6) is 0. The zero-order valence-corrected chi connectivity index (χ0v) is 10.5. The van der Waals surface area contributed by atoms with Gasteiger partial charge in [-0.25, -0.2) is 0 Å². The Bertz CT molecular complexity index is 315. The zero-order valence-electron chi connectivity index (χ0n) is 10.5. The van der Waals surface area contributed by atoms with Gasteiger partial charge < -0.3 is 9.47 Å². The van der Waals surface area contributed by atoms with Crippen molar-refractivity contribution >= 4 is 0 Å². The Morgan fingerprint density at radius 3 is 2.94 bits per heavy atom. The first kappa shape index (κ1) is 12.6. The molecule has 1 aromatic carbocycles. The van der Waals surface area contributed by atoms with Crippen molar-refractivity contribution in [1.29, 1.82) is 0 Å². The van der Waals surface area contributed by atoms with Crippen molar-refractivity contribution in [3.05, 3.63) is 35.9 Å². The predicted octanol–water partition coefficient (Wildman–Crippen LogP) is 2.62. The van der Waals surface area contributed by atoms with Crippen LogP contribution in [0.3, 0.4) is 0 Å². The average molecular weight is 235 g/mol. The molecule has 0 spiro atoms. The van der Waals surface area contributed by atoms with Crippen LogP contribution >= 0.6 is 0 Å². The van der Waals surface area contributed by atoms with Crippen LogP contribution in [0.4, 0.5) is 0 Å². The highest BCUT2D eigenvalue weighted by atomic mass is 16.7. The molecule has 3 heteroatoms. The van der Waals surface area contributed by atoms with Crippen LogP contribution in [0.1, 0.15) is 25.3 Å². The zero-order chi connectivity index (χ0) is 11.9. The maximum Gasteiger partial charge on any atom is 0.159 e. The van der Waals surface area contributed by atoms with Gasteiger partial charge in [0.2, 0.25) is 0 Å². The van der Waals surface area contributed by atoms with Gasteiger partial charge in [-0.2, -0.15) is 0 Å². The monoisotopic (exact) mass is 235 g/mol. The van der Waals surface area contributed by atoms with E-state index >= 15 is 0 Å². The van der Waals surface area contributed by atoms with Crippen LogP contribution in [0.25, 0.3) is 0 Å². The molecule has 3 nitrogen and oxygen atoms in total. The van der Waals surface area contributed by atoms with E-state index in [1.165, 1.54) is 5.56 Å². The third-order valence-corrected chi connectivity index (χ3v) is 2.96. The molecule has 0 radical (unpaired) electrons. The van der Waals surface area contributed by atoms with Crippen molar-refractivity contribution in [2.75, 3.05) is 19.9 Å². The molecule has 1 heterocycles. The third-order valence-electron chi connectivity index (χ3n) is 2.96. The Kier molecular flexibility index (Phi) is 4.98. The summed E-state index contributed by atoms with van der Waals surface area (Å²) >= 11 is 0. The van der Waals surface area contributed by atoms with Gasteiger partial charge in [-0.3, -0.25) is 4.90 Å². The van der Waals surface area contributed by atoms with Crippen LogP contribution in [-0.4, -0.2) is 31.1 Å². The van der Waals surface area contributed by atoms with Crippen molar-refractivity contribution in [3.63, 3.8) is 0 Å². The summed E-state index contributed by atoms with van der Waals surface area (Å²) in [6, 6.07) is 10.5. The Balaban J connectivity index is 1.83. The summed E-state index contributed by atoms with van der Waals surface area (Å²) in [5.41, 5.74) is 1.34. The van der Waals surface area contributed by atoms with Gasteiger partial charge in [0.25, 0.3) is 0 Å². The Morgan fingerprint density at radius 1 is 1.35 bits per heavy atom. The van der Waals surface area contributed by atoms with E-state index in [1.807, 2.05) is 13.0 Å². The molecule has 0 saturated carbocycles. The molecule has 1 saturated heterocycles. The first-order chi connectivity index (χ1) is 8.38. The van der Waals surface area contributed by atoms with Crippen molar-refractivity contribution in [2.24, 2.45) is 0 Å². The number of benzene rings is 1. The van der Waals surface area contributed by atoms with Crippen LogP contribution in [-0.2, 0) is 16.0 Å². The smallest absolute Gasteiger partial charge is 0.159 e. The molecule has 1 fully saturated rings. The molecule has 1 unspecified atom stereocenters. The lowest BCUT2D eigenvalue weighted by atomic mass is 10.2. The molecule has 17 heavy (non-hydrogen) atoms. The minimum atomic E-state index is -0.0132. The van der Waals surface area contributed by atoms with Gasteiger partial charge in [-0.1, -0.05) is 30.3 Å². The fourth-order valence-electron chi connectivity index (χ4n) is 2.10. The Morgan fingerprint density at radius 2 is 2.18 bits per heavy atom. The van der Waals surface area contributed by atoms with E-state index in [2.05, 4.69) is 29.2 Å². The lowest BCUT2D eigenvalue weighted by Crippen LogP contribution is -2.26. The average Bonchev–Trinajstić information content (AvgIpc) is 2.57. The Labute approximate surface area is 103 Å². The summed E-state index contributed by atoms with van der Waals surface area (Å²) < 4.78 is 11.2. The van der Waals surface area contributed by atoms with E-state index in [4.69, 9.17) is 9.47 Å². The normalized spacial score (nSPS) is 22.3. The molecule has 1 aliphatic heterocycles. The summed E-state index contributed by atoms with van der Waals surface area (Å²) in [6.07, 6.45) is 2.12. The number of nitrogens with zero attached hydrogens (tertiary/aromatic N) is 1. The molecule has 0 bridgehead atoms. The molecule has 1 aliphatic rings. The lowest BCUT2D eigenvalue weighted by Gasteiger charge is -2.20. The van der Waals surface area contributed by atoms with Gasteiger partial charge in [0.15, 0.2) is 6.29 Å². The highest BCUT2D eigenvalue weighted by Gasteiger charge is 2.17. The summed E-state index contributed by atoms with van der Waals surface area (Å²) in [5, 5.41) is 0. The van der Waals surface area contributed by atoms with Crippen molar-refractivity contribution in [1.82, 2.24) is 4.90 Å². The van der Waals surface area contributed by atoms with E-state index in [0.717, 1.165) is 32.5 Å². The van der Waals surface area contributed by atoms with Crippen LogP contribution in [0, 0.1) is 0 Å². The minimum Gasteiger partial charge on any atom is -0.353 e. The Hall–Kier alpha value is -0.900. The highest BCUT2D eigenvalue weighted by molar-refractivity contribution is 5.14. The van der Waals surface area contributed by atoms with Crippen molar-refractivity contribution < 1.29 is 9.47 Å². The summed E-state index contributed by atoms with van der Waals surface area (Å²) in [6.45, 7) is 5.44. The van der Waals surface area contributed by atoms with Crippen LogP contribution in [0.15, 0.2) is 30.3 Å². The standard InChI is InChI=1S/C14H21NO2/c1-2-16-14-9-6-10-15(12-17-14)11-13-7-4-3-5-8-13/h3-5,7-8,14H,2,6,9-12H2,1H3. The minimum absolute atomic E-state index is 0.0132. The SMILES string of the molecule is CCOC1CCCN(Cc2ccccc2)CO1. The number of rotatable bonds is 4. The first-order valence-corrected chi connectivity index (χ1v) is 6.38. The van der Waals surface area contributed by atoms with E-state index in [1.54, 1.807) is 0 Å². The van der Waals surface area contributed by atoms with Crippen LogP contribution in [0.5, 0.6) is 0 Å². The molecule has 0 aliphatic carbocycles. The highest BCUT2D eigenvalue weighted by Crippen LogP contribution is 2.14. The molecular formula is C14H21NO2. The van der Waals surface area contributed by atoms with E-state index in [9.17, 15) is 0 Å². The van der Waals surface area contributed by atoms with E-state index in [-0.39, 0.29) is 6.29 Å². The molecule has 0 aromatic heterocycles. The van der Waals surface area contributed by atoms with E-state index in [0.29, 0.717) is 6.73 Å². The van der Waals surface area contributed by atoms with E-state index < -0.39 is 0 Å². The first-order valence-electron chi connectivity index (χ1n) is 6.38. The molecule has 1 aromatic rings. The van der Waals surface area contributed by atoms with Gasteiger partial charge in [-0.05, 0) is 25.3 Å². The van der Waals surface area contributed by atoms with Gasteiger partial charge in [0, 0.05) is 19.7 Å². The molecule has 94 valence electrons. The predicted molar refractivity (Wildman–Crippen MR) is 67.5 cm³/mol. The fourth-order valence-corrected chi connectivity index (χ4v) is 2.10. The topological polar surface area (TPSA) is 21.7 Å².